The van der Waals surface area contributed by atoms with Gasteiger partial charge in [-0.15, -0.1) is 5.10 Å². The van der Waals surface area contributed by atoms with E-state index in [2.05, 4.69) is 48.6 Å². The van der Waals surface area contributed by atoms with Crippen LogP contribution in [0.5, 0.6) is 0 Å². The van der Waals surface area contributed by atoms with E-state index in [9.17, 15) is 4.79 Å². The van der Waals surface area contributed by atoms with Gasteiger partial charge in [-0.2, -0.15) is 0 Å². The van der Waals surface area contributed by atoms with Gasteiger partial charge in [-0.25, -0.2) is 9.50 Å². The lowest BCUT2D eigenvalue weighted by molar-refractivity contribution is -0.134. The predicted molar refractivity (Wildman–Crippen MR) is 118 cm³/mol. The van der Waals surface area contributed by atoms with Crippen molar-refractivity contribution < 1.29 is 4.79 Å². The molecular weight excluding hydrogens is 384 g/mol. The summed E-state index contributed by atoms with van der Waals surface area (Å²) in [5, 5.41) is 5.81. The van der Waals surface area contributed by atoms with Crippen molar-refractivity contribution in [3.8, 4) is 0 Å². The Hall–Kier alpha value is -1.67. The second kappa shape index (κ2) is 8.22. The Morgan fingerprint density at radius 2 is 1.83 bits per heavy atom. The maximum absolute atomic E-state index is 12.7. The van der Waals surface area contributed by atoms with E-state index in [1.54, 1.807) is 11.3 Å². The maximum Gasteiger partial charge on any atom is 0.222 e. The minimum Gasteiger partial charge on any atom is -0.347 e. The SMILES string of the molecule is CCN1CCN(C(=O)CC2CCN(c3nn4cc(C(C)(C)C)nc4s3)CC2)CC1. The molecular formula is C21H34N6OS. The van der Waals surface area contributed by atoms with Crippen molar-refractivity contribution >= 4 is 27.3 Å². The van der Waals surface area contributed by atoms with Crippen molar-refractivity contribution in [1.29, 1.82) is 0 Å². The van der Waals surface area contributed by atoms with Crippen molar-refractivity contribution in [2.45, 2.75) is 52.4 Å². The van der Waals surface area contributed by atoms with E-state index in [4.69, 9.17) is 10.1 Å². The smallest absolute Gasteiger partial charge is 0.222 e. The molecule has 4 heterocycles. The molecule has 0 unspecified atom stereocenters. The molecule has 0 saturated carbocycles. The molecule has 0 atom stereocenters. The molecule has 8 heteroatoms. The van der Waals surface area contributed by atoms with Crippen LogP contribution in [-0.2, 0) is 10.2 Å². The van der Waals surface area contributed by atoms with Gasteiger partial charge in [0.25, 0.3) is 0 Å². The molecule has 2 aromatic rings. The van der Waals surface area contributed by atoms with Crippen LogP contribution in [0.2, 0.25) is 0 Å². The number of likely N-dealkylation sites (N-methyl/N-ethyl adjacent to an activating group) is 1. The summed E-state index contributed by atoms with van der Waals surface area (Å²) in [5.74, 6) is 0.848. The standard InChI is InChI=1S/C21H34N6OS/c1-5-24-10-12-25(13-11-24)18(28)14-16-6-8-26(9-7-16)20-23-27-15-17(21(2,3)4)22-19(27)29-20/h15-16H,5-14H2,1-4H3. The zero-order valence-corrected chi connectivity index (χ0v) is 19.0. The van der Waals surface area contributed by atoms with Crippen molar-refractivity contribution in [3.63, 3.8) is 0 Å². The van der Waals surface area contributed by atoms with Crippen molar-refractivity contribution in [2.24, 2.45) is 5.92 Å². The highest BCUT2D eigenvalue weighted by Gasteiger charge is 2.27. The molecule has 1 amide bonds. The molecule has 2 aromatic heterocycles. The molecule has 0 aromatic carbocycles. The summed E-state index contributed by atoms with van der Waals surface area (Å²) >= 11 is 1.67. The second-order valence-electron chi connectivity index (χ2n) is 9.44. The Morgan fingerprint density at radius 3 is 2.41 bits per heavy atom. The first-order valence-electron chi connectivity index (χ1n) is 10.9. The van der Waals surface area contributed by atoms with Crippen LogP contribution in [0.25, 0.3) is 4.96 Å². The summed E-state index contributed by atoms with van der Waals surface area (Å²) in [6, 6.07) is 0. The quantitative estimate of drug-likeness (QED) is 0.764. The number of rotatable bonds is 4. The van der Waals surface area contributed by atoms with Crippen LogP contribution < -0.4 is 4.90 Å². The fraction of sp³-hybridized carbons (Fsp3) is 0.762. The van der Waals surface area contributed by atoms with Gasteiger partial charge in [-0.1, -0.05) is 39.0 Å². The molecule has 0 N–H and O–H groups in total. The lowest BCUT2D eigenvalue weighted by Gasteiger charge is -2.36. The molecule has 7 nitrogen and oxygen atoms in total. The average Bonchev–Trinajstić information content (AvgIpc) is 3.28. The van der Waals surface area contributed by atoms with Crippen LogP contribution in [0, 0.1) is 5.92 Å². The van der Waals surface area contributed by atoms with E-state index in [0.717, 1.165) is 74.4 Å². The number of nitrogens with zero attached hydrogens (tertiary/aromatic N) is 6. The minimum atomic E-state index is 0.0433. The van der Waals surface area contributed by atoms with Crippen molar-refractivity contribution in [2.75, 3.05) is 50.7 Å². The number of carbonyl (C=O) groups excluding carboxylic acids is 1. The summed E-state index contributed by atoms with van der Waals surface area (Å²) in [5.41, 5.74) is 1.13. The first-order valence-corrected chi connectivity index (χ1v) is 11.8. The largest absolute Gasteiger partial charge is 0.347 e. The number of amides is 1. The van der Waals surface area contributed by atoms with Crippen molar-refractivity contribution in [3.05, 3.63) is 11.9 Å². The van der Waals surface area contributed by atoms with Gasteiger partial charge in [-0.3, -0.25) is 4.79 Å². The minimum absolute atomic E-state index is 0.0433. The Morgan fingerprint density at radius 1 is 1.14 bits per heavy atom. The topological polar surface area (TPSA) is 57.0 Å². The Labute approximate surface area is 177 Å². The van der Waals surface area contributed by atoms with Crippen LogP contribution in [0.15, 0.2) is 6.20 Å². The average molecular weight is 419 g/mol. The van der Waals surface area contributed by atoms with Gasteiger partial charge in [-0.05, 0) is 25.3 Å². The van der Waals surface area contributed by atoms with E-state index < -0.39 is 0 Å². The first-order chi connectivity index (χ1) is 13.8. The zero-order valence-electron chi connectivity index (χ0n) is 18.2. The number of carbonyl (C=O) groups is 1. The van der Waals surface area contributed by atoms with E-state index in [0.29, 0.717) is 18.2 Å². The third-order valence-corrected chi connectivity index (χ3v) is 7.30. The van der Waals surface area contributed by atoms with Crippen molar-refractivity contribution in [1.82, 2.24) is 24.4 Å². The fourth-order valence-corrected chi connectivity index (χ4v) is 5.13. The number of hydrogen-bond donors (Lipinski definition) is 0. The molecule has 2 aliphatic rings. The first kappa shape index (κ1) is 20.6. The van der Waals surface area contributed by atoms with Gasteiger partial charge in [0.2, 0.25) is 16.0 Å². The van der Waals surface area contributed by atoms with Gasteiger partial charge in [0.15, 0.2) is 0 Å². The monoisotopic (exact) mass is 418 g/mol. The number of fused-ring (bicyclic) bond motifs is 1. The zero-order chi connectivity index (χ0) is 20.6. The fourth-order valence-electron chi connectivity index (χ4n) is 4.20. The molecule has 160 valence electrons. The van der Waals surface area contributed by atoms with E-state index in [-0.39, 0.29) is 5.41 Å². The van der Waals surface area contributed by atoms with Crippen LogP contribution in [0.1, 0.15) is 52.7 Å². The Balaban J connectivity index is 1.28. The van der Waals surface area contributed by atoms with E-state index in [1.165, 1.54) is 0 Å². The molecule has 0 bridgehead atoms. The number of aromatic nitrogens is 3. The molecule has 0 spiro atoms. The van der Waals surface area contributed by atoms with Crippen LogP contribution in [0.3, 0.4) is 0 Å². The van der Waals surface area contributed by atoms with E-state index in [1.807, 2.05) is 4.52 Å². The van der Waals surface area contributed by atoms with Crippen LogP contribution in [0.4, 0.5) is 5.13 Å². The van der Waals surface area contributed by atoms with Gasteiger partial charge in [0, 0.05) is 51.1 Å². The molecule has 2 saturated heterocycles. The lowest BCUT2D eigenvalue weighted by Crippen LogP contribution is -2.49. The summed E-state index contributed by atoms with van der Waals surface area (Å²) in [7, 11) is 0. The Kier molecular flexibility index (Phi) is 5.84. The molecule has 29 heavy (non-hydrogen) atoms. The highest BCUT2D eigenvalue weighted by Crippen LogP contribution is 2.31. The molecule has 2 fully saturated rings. The molecule has 0 radical (unpaired) electrons. The predicted octanol–water partition coefficient (Wildman–Crippen LogP) is 2.86. The summed E-state index contributed by atoms with van der Waals surface area (Å²) in [6.07, 6.45) is 4.89. The third-order valence-electron chi connectivity index (χ3n) is 6.32. The second-order valence-corrected chi connectivity index (χ2v) is 10.4. The highest BCUT2D eigenvalue weighted by atomic mass is 32.1. The maximum atomic E-state index is 12.7. The summed E-state index contributed by atoms with van der Waals surface area (Å²) < 4.78 is 1.92. The lowest BCUT2D eigenvalue weighted by atomic mass is 9.93. The number of imidazole rings is 1. The highest BCUT2D eigenvalue weighted by molar-refractivity contribution is 7.20. The van der Waals surface area contributed by atoms with Gasteiger partial charge < -0.3 is 14.7 Å². The van der Waals surface area contributed by atoms with Gasteiger partial charge in [0.1, 0.15) is 0 Å². The number of hydrogen-bond acceptors (Lipinski definition) is 6. The van der Waals surface area contributed by atoms with Crippen LogP contribution >= 0.6 is 11.3 Å². The number of piperazine rings is 1. The summed E-state index contributed by atoms with van der Waals surface area (Å²) in [6.45, 7) is 15.6. The summed E-state index contributed by atoms with van der Waals surface area (Å²) in [4.78, 5) is 25.2. The third kappa shape index (κ3) is 4.58. The Bertz CT molecular complexity index is 806. The molecule has 4 rings (SSSR count). The molecule has 2 aliphatic heterocycles. The van der Waals surface area contributed by atoms with Gasteiger partial charge in [0.05, 0.1) is 11.9 Å². The molecule has 0 aliphatic carbocycles. The number of anilines is 1. The number of piperidine rings is 1. The van der Waals surface area contributed by atoms with Crippen LogP contribution in [-0.4, -0.2) is 76.1 Å². The van der Waals surface area contributed by atoms with Gasteiger partial charge >= 0.3 is 0 Å². The van der Waals surface area contributed by atoms with E-state index >= 15 is 0 Å². The normalized spacial score (nSPS) is 20.0.